The van der Waals surface area contributed by atoms with Crippen LogP contribution in [-0.2, 0) is 14.8 Å². The van der Waals surface area contributed by atoms with Crippen molar-refractivity contribution in [3.63, 3.8) is 0 Å². The van der Waals surface area contributed by atoms with E-state index in [0.717, 1.165) is 29.8 Å². The topological polar surface area (TPSA) is 114 Å². The molecule has 4 aromatic rings. The molecule has 0 fully saturated rings. The third kappa shape index (κ3) is 5.70. The maximum Gasteiger partial charge on any atom is 0.337 e. The van der Waals surface area contributed by atoms with Crippen LogP contribution >= 0.6 is 11.3 Å². The minimum absolute atomic E-state index is 0.108. The van der Waals surface area contributed by atoms with Gasteiger partial charge in [-0.25, -0.2) is 22.6 Å². The van der Waals surface area contributed by atoms with E-state index in [1.165, 1.54) is 42.7 Å². The Balaban J connectivity index is 1.45. The molecular weight excluding hydrogens is 493 g/mol. The highest BCUT2D eigenvalue weighted by Gasteiger charge is 2.16. The quantitative estimate of drug-likeness (QED) is 0.345. The number of esters is 1. The molecule has 0 atom stereocenters. The van der Waals surface area contributed by atoms with Gasteiger partial charge in [-0.3, -0.25) is 14.8 Å². The molecule has 1 heterocycles. The Labute approximate surface area is 204 Å². The first kappa shape index (κ1) is 24.0. The Morgan fingerprint density at radius 3 is 2.37 bits per heavy atom. The van der Waals surface area contributed by atoms with Gasteiger partial charge in [-0.15, -0.1) is 11.3 Å². The molecular formula is C24H18FN3O5S2. The molecule has 0 unspecified atom stereocenters. The van der Waals surface area contributed by atoms with Crippen molar-refractivity contribution in [2.24, 2.45) is 0 Å². The predicted octanol–water partition coefficient (Wildman–Crippen LogP) is 4.79. The highest BCUT2D eigenvalue weighted by Crippen LogP contribution is 2.26. The largest absolute Gasteiger partial charge is 0.465 e. The van der Waals surface area contributed by atoms with Crippen molar-refractivity contribution in [3.8, 4) is 11.3 Å². The van der Waals surface area contributed by atoms with E-state index in [2.05, 4.69) is 19.8 Å². The third-order valence-corrected chi connectivity index (χ3v) is 6.98. The molecule has 35 heavy (non-hydrogen) atoms. The van der Waals surface area contributed by atoms with Gasteiger partial charge in [0, 0.05) is 22.2 Å². The molecule has 11 heteroatoms. The van der Waals surface area contributed by atoms with Crippen LogP contribution in [0.15, 0.2) is 83.1 Å². The number of hydrogen-bond acceptors (Lipinski definition) is 7. The lowest BCUT2D eigenvalue weighted by atomic mass is 10.1. The third-order valence-electron chi connectivity index (χ3n) is 4.83. The van der Waals surface area contributed by atoms with E-state index in [0.29, 0.717) is 16.4 Å². The number of nitrogens with one attached hydrogen (secondary N) is 2. The van der Waals surface area contributed by atoms with Crippen LogP contribution in [0.1, 0.15) is 20.7 Å². The van der Waals surface area contributed by atoms with E-state index >= 15 is 0 Å². The first-order chi connectivity index (χ1) is 16.7. The zero-order valence-electron chi connectivity index (χ0n) is 18.2. The van der Waals surface area contributed by atoms with E-state index in [1.807, 2.05) is 0 Å². The van der Waals surface area contributed by atoms with E-state index in [4.69, 9.17) is 0 Å². The number of benzene rings is 3. The lowest BCUT2D eigenvalue weighted by Crippen LogP contribution is -2.15. The SMILES string of the molecule is COC(=O)c1ccc(-c2csc(NC(=O)c3cccc(NS(=O)(=O)c4ccc(F)cc4)c3)n2)cc1. The Kier molecular flexibility index (Phi) is 6.90. The number of aromatic nitrogens is 1. The minimum atomic E-state index is -3.96. The summed E-state index contributed by atoms with van der Waals surface area (Å²) in [6.07, 6.45) is 0. The number of sulfonamides is 1. The second kappa shape index (κ2) is 10.0. The van der Waals surface area contributed by atoms with Gasteiger partial charge >= 0.3 is 5.97 Å². The summed E-state index contributed by atoms with van der Waals surface area (Å²) in [4.78, 5) is 28.6. The average Bonchev–Trinajstić information content (AvgIpc) is 3.32. The molecule has 2 N–H and O–H groups in total. The molecule has 1 amide bonds. The van der Waals surface area contributed by atoms with E-state index in [9.17, 15) is 22.4 Å². The molecule has 0 aliphatic heterocycles. The van der Waals surface area contributed by atoms with Crippen molar-refractivity contribution in [1.82, 2.24) is 4.98 Å². The number of hydrogen-bond donors (Lipinski definition) is 2. The van der Waals surface area contributed by atoms with Gasteiger partial charge in [-0.05, 0) is 54.6 Å². The molecule has 0 radical (unpaired) electrons. The number of rotatable bonds is 7. The van der Waals surface area contributed by atoms with E-state index in [1.54, 1.807) is 29.6 Å². The number of nitrogens with zero attached hydrogens (tertiary/aromatic N) is 1. The first-order valence-corrected chi connectivity index (χ1v) is 12.5. The van der Waals surface area contributed by atoms with Gasteiger partial charge in [0.05, 0.1) is 23.3 Å². The van der Waals surface area contributed by atoms with Crippen molar-refractivity contribution in [2.75, 3.05) is 17.1 Å². The molecule has 0 spiro atoms. The number of ether oxygens (including phenoxy) is 1. The summed E-state index contributed by atoms with van der Waals surface area (Å²) in [7, 11) is -2.65. The van der Waals surface area contributed by atoms with Crippen LogP contribution in [0.3, 0.4) is 0 Å². The highest BCUT2D eigenvalue weighted by atomic mass is 32.2. The molecule has 0 saturated heterocycles. The lowest BCUT2D eigenvalue weighted by Gasteiger charge is -2.09. The summed E-state index contributed by atoms with van der Waals surface area (Å²) in [5.74, 6) is -1.47. The van der Waals surface area contributed by atoms with Crippen molar-refractivity contribution in [1.29, 1.82) is 0 Å². The fourth-order valence-corrected chi connectivity index (χ4v) is 4.84. The maximum atomic E-state index is 13.1. The van der Waals surface area contributed by atoms with E-state index < -0.39 is 27.7 Å². The average molecular weight is 512 g/mol. The molecule has 1 aromatic heterocycles. The molecule has 0 saturated carbocycles. The number of amides is 1. The van der Waals surface area contributed by atoms with Gasteiger partial charge in [0.25, 0.3) is 15.9 Å². The van der Waals surface area contributed by atoms with Gasteiger partial charge in [0.1, 0.15) is 5.82 Å². The van der Waals surface area contributed by atoms with Crippen LogP contribution in [-0.4, -0.2) is 32.4 Å². The number of carbonyl (C=O) groups excluding carboxylic acids is 2. The Bertz CT molecular complexity index is 1480. The summed E-state index contributed by atoms with van der Waals surface area (Å²) >= 11 is 1.22. The number of carbonyl (C=O) groups is 2. The number of halogens is 1. The van der Waals surface area contributed by atoms with Gasteiger partial charge in [0.2, 0.25) is 0 Å². The Morgan fingerprint density at radius 1 is 0.971 bits per heavy atom. The first-order valence-electron chi connectivity index (χ1n) is 10.1. The molecule has 3 aromatic carbocycles. The molecule has 178 valence electrons. The lowest BCUT2D eigenvalue weighted by molar-refractivity contribution is 0.0600. The Morgan fingerprint density at radius 2 is 1.69 bits per heavy atom. The van der Waals surface area contributed by atoms with Crippen molar-refractivity contribution < 1.29 is 27.1 Å². The van der Waals surface area contributed by atoms with Crippen molar-refractivity contribution in [3.05, 3.63) is 95.1 Å². The molecule has 0 bridgehead atoms. The summed E-state index contributed by atoms with van der Waals surface area (Å²) in [6, 6.07) is 17.0. The fraction of sp³-hybridized carbons (Fsp3) is 0.0417. The van der Waals surface area contributed by atoms with Crippen LogP contribution in [0.2, 0.25) is 0 Å². The van der Waals surface area contributed by atoms with Crippen LogP contribution in [0.4, 0.5) is 15.2 Å². The second-order valence-corrected chi connectivity index (χ2v) is 9.74. The molecule has 8 nitrogen and oxygen atoms in total. The van der Waals surface area contributed by atoms with Gasteiger partial charge in [0.15, 0.2) is 5.13 Å². The monoisotopic (exact) mass is 511 g/mol. The maximum absolute atomic E-state index is 13.1. The zero-order chi connectivity index (χ0) is 25.0. The summed E-state index contributed by atoms with van der Waals surface area (Å²) in [5.41, 5.74) is 2.17. The number of methoxy groups -OCH3 is 1. The standard InChI is InChI=1S/C24H18FN3O5S2/c1-33-23(30)16-7-5-15(6-8-16)21-14-34-24(26-21)27-22(29)17-3-2-4-19(13-17)28-35(31,32)20-11-9-18(25)10-12-20/h2-14,28H,1H3,(H,26,27,29). The smallest absolute Gasteiger partial charge is 0.337 e. The molecule has 4 rings (SSSR count). The number of anilines is 2. The van der Waals surface area contributed by atoms with Crippen molar-refractivity contribution in [2.45, 2.75) is 4.90 Å². The Hall–Kier alpha value is -4.09. The number of thiazole rings is 1. The molecule has 0 aliphatic carbocycles. The van der Waals surface area contributed by atoms with Crippen LogP contribution < -0.4 is 10.0 Å². The highest BCUT2D eigenvalue weighted by molar-refractivity contribution is 7.92. The fourth-order valence-electron chi connectivity index (χ4n) is 3.08. The van der Waals surface area contributed by atoms with Crippen molar-refractivity contribution >= 4 is 44.1 Å². The van der Waals surface area contributed by atoms with Crippen LogP contribution in [0, 0.1) is 5.82 Å². The van der Waals surface area contributed by atoms with Gasteiger partial charge < -0.3 is 4.74 Å². The normalized spacial score (nSPS) is 11.0. The van der Waals surface area contributed by atoms with E-state index in [-0.39, 0.29) is 16.1 Å². The van der Waals surface area contributed by atoms with Gasteiger partial charge in [-0.1, -0.05) is 18.2 Å². The second-order valence-electron chi connectivity index (χ2n) is 7.20. The minimum Gasteiger partial charge on any atom is -0.465 e. The summed E-state index contributed by atoms with van der Waals surface area (Å²) < 4.78 is 45.2. The molecule has 0 aliphatic rings. The van der Waals surface area contributed by atoms with Crippen LogP contribution in [0.5, 0.6) is 0 Å². The predicted molar refractivity (Wildman–Crippen MR) is 130 cm³/mol. The van der Waals surface area contributed by atoms with Gasteiger partial charge in [-0.2, -0.15) is 0 Å². The zero-order valence-corrected chi connectivity index (χ0v) is 19.8. The van der Waals surface area contributed by atoms with Crippen LogP contribution in [0.25, 0.3) is 11.3 Å². The summed E-state index contributed by atoms with van der Waals surface area (Å²) in [5, 5.41) is 4.80. The summed E-state index contributed by atoms with van der Waals surface area (Å²) in [6.45, 7) is 0.